The minimum Gasteiger partial charge on any atom is -0.492 e. The maximum Gasteiger partial charge on any atom is 0.343 e. The molecule has 36 heavy (non-hydrogen) atoms. The number of methoxy groups -OCH3 is 1. The van der Waals surface area contributed by atoms with Gasteiger partial charge in [0.1, 0.15) is 11.3 Å². The van der Waals surface area contributed by atoms with Gasteiger partial charge in [-0.15, -0.1) is 0 Å². The number of carbonyl (C=O) groups excluding carboxylic acids is 2. The Morgan fingerprint density at radius 2 is 1.92 bits per heavy atom. The van der Waals surface area contributed by atoms with Gasteiger partial charge in [0.15, 0.2) is 0 Å². The highest BCUT2D eigenvalue weighted by Gasteiger charge is 2.28. The number of hydrogen-bond acceptors (Lipinski definition) is 7. The van der Waals surface area contributed by atoms with Crippen molar-refractivity contribution in [3.63, 3.8) is 0 Å². The molecule has 3 aromatic rings. The summed E-state index contributed by atoms with van der Waals surface area (Å²) in [6.07, 6.45) is 8.57. The van der Waals surface area contributed by atoms with E-state index in [9.17, 15) is 14.4 Å². The van der Waals surface area contributed by atoms with Crippen LogP contribution in [0.15, 0.2) is 47.8 Å². The van der Waals surface area contributed by atoms with E-state index >= 15 is 0 Å². The summed E-state index contributed by atoms with van der Waals surface area (Å²) in [5.41, 5.74) is 2.11. The standard InChI is InChI=1S/C26H31N5O5/c1-18(2)31-17-20(16-28-31)25(33)29-11-8-21-24(26(34)35-3)22(15-23(32)30(21)13-12-29)36-14-4-5-19-6-9-27-10-7-19/h6-7,9-10,15-18H,4-5,8,11-14H2,1-3H3. The van der Waals surface area contributed by atoms with Crippen LogP contribution in [0, 0.1) is 0 Å². The first-order valence-electron chi connectivity index (χ1n) is 12.1. The zero-order valence-electron chi connectivity index (χ0n) is 20.8. The van der Waals surface area contributed by atoms with Crippen molar-refractivity contribution in [2.75, 3.05) is 26.8 Å². The lowest BCUT2D eigenvalue weighted by Crippen LogP contribution is -2.34. The highest BCUT2D eigenvalue weighted by Crippen LogP contribution is 2.25. The molecule has 0 bridgehead atoms. The fraction of sp³-hybridized carbons (Fsp3) is 0.423. The van der Waals surface area contributed by atoms with Crippen LogP contribution in [0.25, 0.3) is 0 Å². The molecule has 1 aliphatic heterocycles. The summed E-state index contributed by atoms with van der Waals surface area (Å²) >= 11 is 0. The summed E-state index contributed by atoms with van der Waals surface area (Å²) < 4.78 is 14.2. The Bertz CT molecular complexity index is 1280. The topological polar surface area (TPSA) is 109 Å². The number of aryl methyl sites for hydroxylation is 1. The predicted octanol–water partition coefficient (Wildman–Crippen LogP) is 2.52. The highest BCUT2D eigenvalue weighted by atomic mass is 16.5. The van der Waals surface area contributed by atoms with Gasteiger partial charge >= 0.3 is 5.97 Å². The van der Waals surface area contributed by atoms with E-state index in [1.807, 2.05) is 26.0 Å². The summed E-state index contributed by atoms with van der Waals surface area (Å²) in [4.78, 5) is 44.6. The Morgan fingerprint density at radius 1 is 1.14 bits per heavy atom. The van der Waals surface area contributed by atoms with Crippen molar-refractivity contribution in [2.45, 2.75) is 45.7 Å². The van der Waals surface area contributed by atoms with Gasteiger partial charge in [-0.3, -0.25) is 19.3 Å². The number of pyridine rings is 2. The van der Waals surface area contributed by atoms with Crippen molar-refractivity contribution in [3.8, 4) is 5.75 Å². The molecule has 0 N–H and O–H groups in total. The maximum absolute atomic E-state index is 13.1. The molecule has 1 amide bonds. The summed E-state index contributed by atoms with van der Waals surface area (Å²) in [6, 6.07) is 5.36. The average molecular weight is 494 g/mol. The van der Waals surface area contributed by atoms with Gasteiger partial charge < -0.3 is 18.9 Å². The fourth-order valence-electron chi connectivity index (χ4n) is 4.31. The fourth-order valence-corrected chi connectivity index (χ4v) is 4.31. The van der Waals surface area contributed by atoms with Gasteiger partial charge in [-0.2, -0.15) is 5.10 Å². The molecule has 0 saturated carbocycles. The van der Waals surface area contributed by atoms with Crippen LogP contribution < -0.4 is 10.3 Å². The number of esters is 1. The van der Waals surface area contributed by atoms with Gasteiger partial charge in [-0.25, -0.2) is 4.79 Å². The zero-order chi connectivity index (χ0) is 25.7. The number of carbonyl (C=O) groups is 2. The van der Waals surface area contributed by atoms with Gasteiger partial charge in [0.25, 0.3) is 11.5 Å². The minimum atomic E-state index is -0.569. The molecule has 0 saturated heterocycles. The van der Waals surface area contributed by atoms with E-state index < -0.39 is 5.97 Å². The van der Waals surface area contributed by atoms with E-state index in [2.05, 4.69) is 10.1 Å². The molecule has 0 atom stereocenters. The minimum absolute atomic E-state index is 0.143. The number of aromatic nitrogens is 4. The second-order valence-corrected chi connectivity index (χ2v) is 8.96. The SMILES string of the molecule is COC(=O)c1c(OCCCc2ccncc2)cc(=O)n2c1CCN(C(=O)c1cnn(C(C)C)c1)CC2. The Labute approximate surface area is 209 Å². The molecule has 4 rings (SSSR count). The Morgan fingerprint density at radius 3 is 2.61 bits per heavy atom. The van der Waals surface area contributed by atoms with Crippen LogP contribution >= 0.6 is 0 Å². The average Bonchev–Trinajstić information content (AvgIpc) is 3.28. The van der Waals surface area contributed by atoms with E-state index in [4.69, 9.17) is 9.47 Å². The van der Waals surface area contributed by atoms with Crippen LogP contribution in [0.1, 0.15) is 58.3 Å². The van der Waals surface area contributed by atoms with Crippen molar-refractivity contribution >= 4 is 11.9 Å². The van der Waals surface area contributed by atoms with E-state index in [-0.39, 0.29) is 35.4 Å². The molecule has 0 unspecified atom stereocenters. The van der Waals surface area contributed by atoms with E-state index in [1.165, 1.54) is 13.2 Å². The summed E-state index contributed by atoms with van der Waals surface area (Å²) in [5, 5.41) is 4.26. The van der Waals surface area contributed by atoms with Crippen molar-refractivity contribution < 1.29 is 19.1 Å². The smallest absolute Gasteiger partial charge is 0.343 e. The first kappa shape index (κ1) is 25.2. The summed E-state index contributed by atoms with van der Waals surface area (Å²) in [6.45, 7) is 5.27. The van der Waals surface area contributed by atoms with Crippen LogP contribution in [0.4, 0.5) is 0 Å². The second kappa shape index (κ2) is 11.2. The molecular formula is C26H31N5O5. The first-order chi connectivity index (χ1) is 17.4. The predicted molar refractivity (Wildman–Crippen MR) is 132 cm³/mol. The molecule has 1 aliphatic rings. The Kier molecular flexibility index (Phi) is 7.82. The number of ether oxygens (including phenoxy) is 2. The van der Waals surface area contributed by atoms with Crippen molar-refractivity contribution in [2.24, 2.45) is 0 Å². The maximum atomic E-state index is 13.1. The van der Waals surface area contributed by atoms with Crippen molar-refractivity contribution in [1.82, 2.24) is 24.2 Å². The Hall–Kier alpha value is -3.95. The summed E-state index contributed by atoms with van der Waals surface area (Å²) in [7, 11) is 1.30. The van der Waals surface area contributed by atoms with Crippen LogP contribution in [-0.2, 0) is 24.1 Å². The molecule has 10 heteroatoms. The highest BCUT2D eigenvalue weighted by molar-refractivity contribution is 5.95. The normalized spacial score (nSPS) is 13.3. The van der Waals surface area contributed by atoms with Gasteiger partial charge in [0.2, 0.25) is 0 Å². The number of rotatable bonds is 8. The lowest BCUT2D eigenvalue weighted by molar-refractivity contribution is 0.0593. The lowest BCUT2D eigenvalue weighted by Gasteiger charge is -2.19. The van der Waals surface area contributed by atoms with E-state index in [0.717, 1.165) is 12.0 Å². The van der Waals surface area contributed by atoms with Crippen molar-refractivity contribution in [1.29, 1.82) is 0 Å². The van der Waals surface area contributed by atoms with Crippen molar-refractivity contribution in [3.05, 3.63) is 75.7 Å². The third kappa shape index (κ3) is 5.48. The second-order valence-electron chi connectivity index (χ2n) is 8.96. The quantitative estimate of drug-likeness (QED) is 0.350. The van der Waals surface area contributed by atoms with Gasteiger partial charge in [-0.1, -0.05) is 0 Å². The number of nitrogens with zero attached hydrogens (tertiary/aromatic N) is 5. The van der Waals surface area contributed by atoms with Crippen LogP contribution in [0.2, 0.25) is 0 Å². The first-order valence-corrected chi connectivity index (χ1v) is 12.1. The molecule has 3 aromatic heterocycles. The molecule has 0 aliphatic carbocycles. The zero-order valence-corrected chi connectivity index (χ0v) is 20.8. The molecule has 0 radical (unpaired) electrons. The molecular weight excluding hydrogens is 462 g/mol. The van der Waals surface area contributed by atoms with Gasteiger partial charge in [-0.05, 0) is 44.4 Å². The molecule has 10 nitrogen and oxygen atoms in total. The van der Waals surface area contributed by atoms with E-state index in [1.54, 1.807) is 38.9 Å². The molecule has 190 valence electrons. The van der Waals surface area contributed by atoms with Crippen LogP contribution in [0.5, 0.6) is 5.75 Å². The third-order valence-electron chi connectivity index (χ3n) is 6.26. The lowest BCUT2D eigenvalue weighted by atomic mass is 10.1. The van der Waals surface area contributed by atoms with Crippen LogP contribution in [0.3, 0.4) is 0 Å². The largest absolute Gasteiger partial charge is 0.492 e. The molecule has 0 aromatic carbocycles. The molecule has 4 heterocycles. The van der Waals surface area contributed by atoms with Gasteiger partial charge in [0, 0.05) is 62.4 Å². The molecule has 0 spiro atoms. The Balaban J connectivity index is 1.52. The number of hydrogen-bond donors (Lipinski definition) is 0. The number of fused-ring (bicyclic) bond motifs is 1. The van der Waals surface area contributed by atoms with Gasteiger partial charge in [0.05, 0.1) is 25.5 Å². The third-order valence-corrected chi connectivity index (χ3v) is 6.26. The molecule has 0 fully saturated rings. The monoisotopic (exact) mass is 493 g/mol. The van der Waals surface area contributed by atoms with E-state index in [0.29, 0.717) is 43.8 Å². The van der Waals surface area contributed by atoms with Crippen LogP contribution in [-0.4, -0.2) is 62.9 Å². The number of amides is 1. The summed E-state index contributed by atoms with van der Waals surface area (Å²) in [5.74, 6) is -0.512.